The van der Waals surface area contributed by atoms with Gasteiger partial charge in [-0.1, -0.05) is 41.6 Å². The zero-order valence-corrected chi connectivity index (χ0v) is 18.5. The molecular weight excluding hydrogens is 434 g/mol. The first-order chi connectivity index (χ1) is 15.0. The summed E-state index contributed by atoms with van der Waals surface area (Å²) in [6.07, 6.45) is 1.56. The Labute approximate surface area is 188 Å². The number of nitrogens with one attached hydrogen (secondary N) is 1. The summed E-state index contributed by atoms with van der Waals surface area (Å²) < 4.78 is 6.79. The largest absolute Gasteiger partial charge is 0.467 e. The molecule has 0 aliphatic heterocycles. The van der Waals surface area contributed by atoms with E-state index in [2.05, 4.69) is 5.32 Å². The van der Waals surface area contributed by atoms with Crippen molar-refractivity contribution in [2.45, 2.75) is 30.8 Å². The van der Waals surface area contributed by atoms with E-state index in [0.717, 1.165) is 5.56 Å². The minimum atomic E-state index is -0.492. The highest BCUT2D eigenvalue weighted by atomic mass is 35.5. The second-order valence-corrected chi connectivity index (χ2v) is 8.71. The Morgan fingerprint density at radius 2 is 2.00 bits per heavy atom. The molecule has 2 aromatic heterocycles. The quantitative estimate of drug-likeness (QED) is 0.337. The molecule has 2 aromatic carbocycles. The van der Waals surface area contributed by atoms with Crippen LogP contribution in [-0.2, 0) is 11.3 Å². The van der Waals surface area contributed by atoms with Gasteiger partial charge < -0.3 is 9.73 Å². The number of hydrogen-bond donors (Lipinski definition) is 1. The third-order valence-electron chi connectivity index (χ3n) is 4.89. The third kappa shape index (κ3) is 4.38. The Kier molecular flexibility index (Phi) is 6.15. The molecule has 0 radical (unpaired) electrons. The van der Waals surface area contributed by atoms with Gasteiger partial charge in [-0.05, 0) is 55.8 Å². The lowest BCUT2D eigenvalue weighted by molar-refractivity contribution is -0.120. The summed E-state index contributed by atoms with van der Waals surface area (Å²) in [4.78, 5) is 30.7. The number of carbonyl (C=O) groups excluding carboxylic acids is 1. The number of amides is 1. The summed E-state index contributed by atoms with van der Waals surface area (Å²) in [7, 11) is 0. The molecular formula is C23H20ClN3O3S. The molecule has 0 saturated heterocycles. The van der Waals surface area contributed by atoms with E-state index in [-0.39, 0.29) is 11.5 Å². The number of nitrogens with zero attached hydrogens (tertiary/aromatic N) is 2. The van der Waals surface area contributed by atoms with Gasteiger partial charge in [0.25, 0.3) is 5.56 Å². The Morgan fingerprint density at radius 1 is 1.19 bits per heavy atom. The van der Waals surface area contributed by atoms with E-state index in [9.17, 15) is 9.59 Å². The van der Waals surface area contributed by atoms with Crippen LogP contribution in [0.15, 0.2) is 75.2 Å². The van der Waals surface area contributed by atoms with Crippen LogP contribution in [0.2, 0.25) is 5.02 Å². The standard InChI is InChI=1S/C23H20ClN3O3S/c1-14-18(24)9-5-11-20(14)27-22(29)17-8-3-4-10-19(17)26-23(27)31-15(2)21(28)25-13-16-7-6-12-30-16/h3-12,15H,13H2,1-2H3,(H,25,28). The fourth-order valence-corrected chi connectivity index (χ4v) is 4.30. The summed E-state index contributed by atoms with van der Waals surface area (Å²) in [5.41, 5.74) is 1.78. The highest BCUT2D eigenvalue weighted by molar-refractivity contribution is 8.00. The van der Waals surface area contributed by atoms with E-state index in [1.165, 1.54) is 16.3 Å². The van der Waals surface area contributed by atoms with Crippen molar-refractivity contribution in [1.82, 2.24) is 14.9 Å². The number of thioether (sulfide) groups is 1. The normalized spacial score (nSPS) is 12.1. The lowest BCUT2D eigenvalue weighted by Gasteiger charge is -2.18. The van der Waals surface area contributed by atoms with Gasteiger partial charge in [0.2, 0.25) is 5.91 Å². The molecule has 0 saturated carbocycles. The van der Waals surface area contributed by atoms with Crippen molar-refractivity contribution in [2.75, 3.05) is 0 Å². The molecule has 1 N–H and O–H groups in total. The van der Waals surface area contributed by atoms with Gasteiger partial charge in [-0.3, -0.25) is 14.2 Å². The molecule has 158 valence electrons. The Morgan fingerprint density at radius 3 is 2.77 bits per heavy atom. The zero-order chi connectivity index (χ0) is 22.0. The van der Waals surface area contributed by atoms with Gasteiger partial charge in [-0.25, -0.2) is 4.98 Å². The molecule has 2 heterocycles. The summed E-state index contributed by atoms with van der Waals surface area (Å²) in [6, 6.07) is 16.1. The van der Waals surface area contributed by atoms with Crippen LogP contribution in [0.3, 0.4) is 0 Å². The van der Waals surface area contributed by atoms with Crippen LogP contribution in [0.4, 0.5) is 0 Å². The molecule has 0 bridgehead atoms. The van der Waals surface area contributed by atoms with Crippen LogP contribution < -0.4 is 10.9 Å². The molecule has 8 heteroatoms. The monoisotopic (exact) mass is 453 g/mol. The molecule has 4 aromatic rings. The predicted molar refractivity (Wildman–Crippen MR) is 123 cm³/mol. The lowest BCUT2D eigenvalue weighted by Crippen LogP contribution is -2.31. The fourth-order valence-electron chi connectivity index (χ4n) is 3.18. The van der Waals surface area contributed by atoms with Crippen LogP contribution in [0.25, 0.3) is 16.6 Å². The van der Waals surface area contributed by atoms with Gasteiger partial charge in [0.1, 0.15) is 5.76 Å². The second kappa shape index (κ2) is 8.99. The van der Waals surface area contributed by atoms with Crippen molar-refractivity contribution in [2.24, 2.45) is 0 Å². The van der Waals surface area contributed by atoms with Crippen molar-refractivity contribution in [3.8, 4) is 5.69 Å². The first kappa shape index (κ1) is 21.2. The Bertz CT molecular complexity index is 1300. The van der Waals surface area contributed by atoms with Crippen LogP contribution in [0.1, 0.15) is 18.2 Å². The van der Waals surface area contributed by atoms with E-state index in [4.69, 9.17) is 21.0 Å². The highest BCUT2D eigenvalue weighted by Gasteiger charge is 2.21. The summed E-state index contributed by atoms with van der Waals surface area (Å²) in [5.74, 6) is 0.485. The van der Waals surface area contributed by atoms with E-state index in [1.807, 2.05) is 19.1 Å². The molecule has 1 unspecified atom stereocenters. The number of rotatable bonds is 6. The zero-order valence-electron chi connectivity index (χ0n) is 17.0. The number of benzene rings is 2. The van der Waals surface area contributed by atoms with Gasteiger partial charge in [0.15, 0.2) is 5.16 Å². The third-order valence-corrected chi connectivity index (χ3v) is 6.36. The molecule has 6 nitrogen and oxygen atoms in total. The second-order valence-electron chi connectivity index (χ2n) is 6.99. The molecule has 0 aliphatic carbocycles. The van der Waals surface area contributed by atoms with Crippen molar-refractivity contribution in [3.63, 3.8) is 0 Å². The lowest BCUT2D eigenvalue weighted by atomic mass is 10.2. The van der Waals surface area contributed by atoms with Gasteiger partial charge in [-0.2, -0.15) is 0 Å². The number of halogens is 1. The fraction of sp³-hybridized carbons (Fsp3) is 0.174. The van der Waals surface area contributed by atoms with Gasteiger partial charge in [0.05, 0.1) is 34.6 Å². The molecule has 1 amide bonds. The maximum atomic E-state index is 13.4. The summed E-state index contributed by atoms with van der Waals surface area (Å²) >= 11 is 7.54. The van der Waals surface area contributed by atoms with Crippen LogP contribution in [0.5, 0.6) is 0 Å². The van der Waals surface area contributed by atoms with Crippen molar-refractivity contribution < 1.29 is 9.21 Å². The summed E-state index contributed by atoms with van der Waals surface area (Å²) in [6.45, 7) is 3.92. The SMILES string of the molecule is Cc1c(Cl)cccc1-n1c(SC(C)C(=O)NCc2ccco2)nc2ccccc2c1=O. The molecule has 1 atom stereocenters. The number of para-hydroxylation sites is 1. The molecule has 0 spiro atoms. The number of furan rings is 1. The van der Waals surface area contributed by atoms with Crippen molar-refractivity contribution in [3.05, 3.63) is 87.6 Å². The van der Waals surface area contributed by atoms with Crippen molar-refractivity contribution >= 4 is 40.2 Å². The minimum Gasteiger partial charge on any atom is -0.467 e. The van der Waals surface area contributed by atoms with E-state index in [1.54, 1.807) is 55.7 Å². The van der Waals surface area contributed by atoms with Crippen LogP contribution >= 0.6 is 23.4 Å². The van der Waals surface area contributed by atoms with Gasteiger partial charge >= 0.3 is 0 Å². The number of hydrogen-bond acceptors (Lipinski definition) is 5. The van der Waals surface area contributed by atoms with E-state index >= 15 is 0 Å². The van der Waals surface area contributed by atoms with Gasteiger partial charge in [-0.15, -0.1) is 0 Å². The predicted octanol–water partition coefficient (Wildman–Crippen LogP) is 4.74. The number of carbonyl (C=O) groups is 1. The Hall–Kier alpha value is -3.03. The van der Waals surface area contributed by atoms with Crippen LogP contribution in [-0.4, -0.2) is 20.7 Å². The smallest absolute Gasteiger partial charge is 0.266 e. The van der Waals surface area contributed by atoms with E-state index < -0.39 is 5.25 Å². The highest BCUT2D eigenvalue weighted by Crippen LogP contribution is 2.28. The molecule has 4 rings (SSSR count). The van der Waals surface area contributed by atoms with Gasteiger partial charge in [0, 0.05) is 5.02 Å². The van der Waals surface area contributed by atoms with Crippen molar-refractivity contribution in [1.29, 1.82) is 0 Å². The minimum absolute atomic E-state index is 0.182. The molecule has 31 heavy (non-hydrogen) atoms. The van der Waals surface area contributed by atoms with Crippen LogP contribution in [0, 0.1) is 6.92 Å². The molecule has 0 fully saturated rings. The first-order valence-electron chi connectivity index (χ1n) is 9.69. The number of fused-ring (bicyclic) bond motifs is 1. The Balaban J connectivity index is 1.73. The number of aromatic nitrogens is 2. The molecule has 0 aliphatic rings. The average molecular weight is 454 g/mol. The van der Waals surface area contributed by atoms with E-state index in [0.29, 0.717) is 39.1 Å². The average Bonchev–Trinajstić information content (AvgIpc) is 3.28. The maximum Gasteiger partial charge on any atom is 0.266 e. The topological polar surface area (TPSA) is 77.1 Å². The summed E-state index contributed by atoms with van der Waals surface area (Å²) in [5, 5.41) is 3.84. The maximum absolute atomic E-state index is 13.4. The first-order valence-corrected chi connectivity index (χ1v) is 11.0.